The lowest BCUT2D eigenvalue weighted by Crippen LogP contribution is -2.40. The summed E-state index contributed by atoms with van der Waals surface area (Å²) in [5, 5.41) is 2.94. The number of amides is 1. The van der Waals surface area contributed by atoms with Crippen LogP contribution in [0.5, 0.6) is 5.75 Å². The number of aryl methyl sites for hydroxylation is 1. The largest absolute Gasteiger partial charge is 0.492 e. The molecule has 1 saturated heterocycles. The second-order valence-electron chi connectivity index (χ2n) is 7.55. The predicted octanol–water partition coefficient (Wildman–Crippen LogP) is 2.84. The fourth-order valence-corrected chi connectivity index (χ4v) is 3.51. The van der Waals surface area contributed by atoms with Crippen molar-refractivity contribution in [2.45, 2.75) is 19.9 Å². The number of ether oxygens (including phenoxy) is 1. The molecule has 2 aromatic carbocycles. The second-order valence-corrected chi connectivity index (χ2v) is 7.55. The van der Waals surface area contributed by atoms with Crippen molar-refractivity contribution < 1.29 is 13.9 Å². The first-order valence-electron chi connectivity index (χ1n) is 10.2. The summed E-state index contributed by atoms with van der Waals surface area (Å²) in [6.07, 6.45) is 1.02. The molecule has 29 heavy (non-hydrogen) atoms. The van der Waals surface area contributed by atoms with Gasteiger partial charge in [-0.25, -0.2) is 4.39 Å². The van der Waals surface area contributed by atoms with E-state index in [4.69, 9.17) is 4.74 Å². The monoisotopic (exact) mass is 399 g/mol. The van der Waals surface area contributed by atoms with E-state index in [9.17, 15) is 9.18 Å². The summed E-state index contributed by atoms with van der Waals surface area (Å²) < 4.78 is 18.7. The Morgan fingerprint density at radius 3 is 2.62 bits per heavy atom. The van der Waals surface area contributed by atoms with Crippen LogP contribution >= 0.6 is 0 Å². The van der Waals surface area contributed by atoms with Gasteiger partial charge >= 0.3 is 0 Å². The van der Waals surface area contributed by atoms with Gasteiger partial charge < -0.3 is 10.1 Å². The quantitative estimate of drug-likeness (QED) is 0.694. The highest BCUT2D eigenvalue weighted by molar-refractivity contribution is 5.78. The number of hydrogen-bond acceptors (Lipinski definition) is 4. The highest BCUT2D eigenvalue weighted by Gasteiger charge is 2.17. The molecule has 1 amide bonds. The minimum atomic E-state index is -0.203. The molecule has 1 fully saturated rings. The summed E-state index contributed by atoms with van der Waals surface area (Å²) in [7, 11) is 0. The molecule has 0 bridgehead atoms. The van der Waals surface area contributed by atoms with Crippen molar-refractivity contribution in [3.63, 3.8) is 0 Å². The maximum absolute atomic E-state index is 13.1. The molecule has 0 unspecified atom stereocenters. The average molecular weight is 400 g/mol. The van der Waals surface area contributed by atoms with E-state index in [1.54, 1.807) is 0 Å². The zero-order chi connectivity index (χ0) is 20.5. The zero-order valence-electron chi connectivity index (χ0n) is 17.1. The number of carbonyl (C=O) groups excluding carboxylic acids is 1. The molecule has 5 nitrogen and oxygen atoms in total. The summed E-state index contributed by atoms with van der Waals surface area (Å²) >= 11 is 0. The van der Waals surface area contributed by atoms with E-state index >= 15 is 0 Å². The third-order valence-electron chi connectivity index (χ3n) is 5.05. The molecule has 0 spiro atoms. The van der Waals surface area contributed by atoms with Gasteiger partial charge in [0.25, 0.3) is 0 Å². The Morgan fingerprint density at radius 2 is 1.83 bits per heavy atom. The molecule has 1 N–H and O–H groups in total. The van der Waals surface area contributed by atoms with E-state index in [0.29, 0.717) is 19.7 Å². The minimum absolute atomic E-state index is 0.0322. The van der Waals surface area contributed by atoms with Gasteiger partial charge in [0.15, 0.2) is 0 Å². The normalized spacial score (nSPS) is 15.7. The van der Waals surface area contributed by atoms with Crippen molar-refractivity contribution >= 4 is 5.91 Å². The van der Waals surface area contributed by atoms with Gasteiger partial charge in [-0.2, -0.15) is 0 Å². The van der Waals surface area contributed by atoms with E-state index in [2.05, 4.69) is 15.1 Å². The Balaban J connectivity index is 1.33. The third kappa shape index (κ3) is 7.48. The van der Waals surface area contributed by atoms with Crippen LogP contribution in [0.25, 0.3) is 0 Å². The number of benzene rings is 2. The molecule has 2 aromatic rings. The summed E-state index contributed by atoms with van der Waals surface area (Å²) in [5.41, 5.74) is 2.27. The van der Waals surface area contributed by atoms with Crippen LogP contribution in [0.1, 0.15) is 17.5 Å². The first kappa shape index (κ1) is 21.3. The van der Waals surface area contributed by atoms with Gasteiger partial charge in [-0.1, -0.05) is 24.3 Å². The first-order chi connectivity index (χ1) is 14.1. The van der Waals surface area contributed by atoms with Crippen LogP contribution in [0.4, 0.5) is 4.39 Å². The van der Waals surface area contributed by atoms with Crippen molar-refractivity contribution in [3.8, 4) is 5.75 Å². The molecule has 1 aliphatic heterocycles. The second kappa shape index (κ2) is 10.9. The third-order valence-corrected chi connectivity index (χ3v) is 5.05. The van der Waals surface area contributed by atoms with E-state index < -0.39 is 0 Å². The number of hydrogen-bond donors (Lipinski definition) is 1. The van der Waals surface area contributed by atoms with Gasteiger partial charge in [-0.15, -0.1) is 0 Å². The molecule has 0 aliphatic carbocycles. The standard InChI is InChI=1S/C23H30FN3O2/c1-19-4-2-5-22(16-19)29-15-10-25-23(28)18-27-12-3-11-26(13-14-27)17-20-6-8-21(24)9-7-20/h2,4-9,16H,3,10-15,17-18H2,1H3,(H,25,28). The molecule has 0 saturated carbocycles. The minimum Gasteiger partial charge on any atom is -0.492 e. The summed E-state index contributed by atoms with van der Waals surface area (Å²) in [5.74, 6) is 0.656. The van der Waals surface area contributed by atoms with Crippen LogP contribution in [0.15, 0.2) is 48.5 Å². The van der Waals surface area contributed by atoms with Crippen molar-refractivity contribution in [2.24, 2.45) is 0 Å². The molecule has 6 heteroatoms. The van der Waals surface area contributed by atoms with Gasteiger partial charge in [-0.3, -0.25) is 14.6 Å². The maximum Gasteiger partial charge on any atom is 0.234 e. The van der Waals surface area contributed by atoms with E-state index in [1.165, 1.54) is 12.1 Å². The number of nitrogens with one attached hydrogen (secondary N) is 1. The smallest absolute Gasteiger partial charge is 0.234 e. The highest BCUT2D eigenvalue weighted by Crippen LogP contribution is 2.12. The van der Waals surface area contributed by atoms with Gasteiger partial charge in [0, 0.05) is 19.6 Å². The Bertz CT molecular complexity index is 782. The van der Waals surface area contributed by atoms with E-state index in [1.807, 2.05) is 43.3 Å². The van der Waals surface area contributed by atoms with E-state index in [0.717, 1.165) is 56.0 Å². The van der Waals surface area contributed by atoms with Crippen molar-refractivity contribution in [1.82, 2.24) is 15.1 Å². The highest BCUT2D eigenvalue weighted by atomic mass is 19.1. The fraction of sp³-hybridized carbons (Fsp3) is 0.435. The Kier molecular flexibility index (Phi) is 8.02. The summed E-state index contributed by atoms with van der Waals surface area (Å²) in [6.45, 7) is 7.86. The van der Waals surface area contributed by atoms with Crippen LogP contribution in [0, 0.1) is 12.7 Å². The Morgan fingerprint density at radius 1 is 1.07 bits per heavy atom. The summed E-state index contributed by atoms with van der Waals surface area (Å²) in [4.78, 5) is 16.8. The molecule has 0 atom stereocenters. The topological polar surface area (TPSA) is 44.8 Å². The Hall–Kier alpha value is -2.44. The van der Waals surface area contributed by atoms with Gasteiger partial charge in [0.2, 0.25) is 5.91 Å². The van der Waals surface area contributed by atoms with Crippen molar-refractivity contribution in [2.75, 3.05) is 45.9 Å². The fourth-order valence-electron chi connectivity index (χ4n) is 3.51. The lowest BCUT2D eigenvalue weighted by atomic mass is 10.2. The molecular weight excluding hydrogens is 369 g/mol. The lowest BCUT2D eigenvalue weighted by Gasteiger charge is -2.21. The molecule has 1 aliphatic rings. The van der Waals surface area contributed by atoms with Crippen LogP contribution < -0.4 is 10.1 Å². The zero-order valence-corrected chi connectivity index (χ0v) is 17.1. The first-order valence-corrected chi connectivity index (χ1v) is 10.2. The molecule has 3 rings (SSSR count). The number of carbonyl (C=O) groups is 1. The van der Waals surface area contributed by atoms with Gasteiger partial charge in [-0.05, 0) is 61.8 Å². The van der Waals surface area contributed by atoms with Crippen LogP contribution in [0.3, 0.4) is 0 Å². The van der Waals surface area contributed by atoms with E-state index in [-0.39, 0.29) is 11.7 Å². The lowest BCUT2D eigenvalue weighted by molar-refractivity contribution is -0.122. The predicted molar refractivity (Wildman–Crippen MR) is 112 cm³/mol. The summed E-state index contributed by atoms with van der Waals surface area (Å²) in [6, 6.07) is 14.6. The molecule has 1 heterocycles. The Labute approximate surface area is 172 Å². The van der Waals surface area contributed by atoms with Gasteiger partial charge in [0.05, 0.1) is 13.1 Å². The SMILES string of the molecule is Cc1cccc(OCCNC(=O)CN2CCCN(Cc3ccc(F)cc3)CC2)c1. The van der Waals surface area contributed by atoms with Crippen LogP contribution in [-0.4, -0.2) is 61.6 Å². The number of rotatable bonds is 8. The number of nitrogens with zero attached hydrogens (tertiary/aromatic N) is 2. The molecular formula is C23H30FN3O2. The van der Waals surface area contributed by atoms with Gasteiger partial charge in [0.1, 0.15) is 18.2 Å². The molecule has 0 radical (unpaired) electrons. The molecule has 0 aromatic heterocycles. The van der Waals surface area contributed by atoms with Crippen LogP contribution in [-0.2, 0) is 11.3 Å². The van der Waals surface area contributed by atoms with Crippen LogP contribution in [0.2, 0.25) is 0 Å². The maximum atomic E-state index is 13.1. The molecule has 156 valence electrons. The number of halogens is 1. The van der Waals surface area contributed by atoms with Crippen molar-refractivity contribution in [3.05, 3.63) is 65.5 Å². The average Bonchev–Trinajstić information content (AvgIpc) is 2.92. The van der Waals surface area contributed by atoms with Crippen molar-refractivity contribution in [1.29, 1.82) is 0 Å².